The summed E-state index contributed by atoms with van der Waals surface area (Å²) in [4.78, 5) is 16.4. The van der Waals surface area contributed by atoms with E-state index in [9.17, 15) is 4.79 Å². The van der Waals surface area contributed by atoms with Gasteiger partial charge in [0, 0.05) is 6.20 Å². The summed E-state index contributed by atoms with van der Waals surface area (Å²) in [5.74, 6) is 0. The van der Waals surface area contributed by atoms with Gasteiger partial charge in [-0.2, -0.15) is 0 Å². The molecule has 4 rings (SSSR count). The van der Waals surface area contributed by atoms with Crippen molar-refractivity contribution in [3.05, 3.63) is 102 Å². The fraction of sp³-hybridized carbons (Fsp3) is 0.344. The lowest BCUT2D eigenvalue weighted by atomic mass is 10.3. The Labute approximate surface area is 225 Å². The third-order valence-corrected chi connectivity index (χ3v) is 22.2. The predicted molar refractivity (Wildman–Crippen MR) is 161 cm³/mol. The molecule has 3 aromatic carbocycles. The van der Waals surface area contributed by atoms with Crippen LogP contribution in [-0.4, -0.2) is 40.3 Å². The Bertz CT molecular complexity index is 1090. The van der Waals surface area contributed by atoms with E-state index in [-0.39, 0.29) is 6.09 Å². The van der Waals surface area contributed by atoms with Crippen LogP contribution < -0.4 is 15.6 Å². The highest BCUT2D eigenvalue weighted by molar-refractivity contribution is 7.25. The van der Waals surface area contributed by atoms with E-state index in [1.807, 2.05) is 4.90 Å². The van der Waals surface area contributed by atoms with Crippen molar-refractivity contribution in [3.63, 3.8) is 0 Å². The van der Waals surface area contributed by atoms with Crippen LogP contribution in [0.2, 0.25) is 16.6 Å². The first-order chi connectivity index (χ1) is 17.8. The van der Waals surface area contributed by atoms with Crippen molar-refractivity contribution in [3.8, 4) is 0 Å². The topological polar surface area (TPSA) is 29.5 Å². The monoisotopic (exact) mass is 527 g/mol. The van der Waals surface area contributed by atoms with E-state index in [2.05, 4.69) is 139 Å². The Kier molecular flexibility index (Phi) is 8.24. The van der Waals surface area contributed by atoms with Gasteiger partial charge in [0.25, 0.3) is 0 Å². The Hall–Kier alpha value is -2.90. The molecule has 1 aliphatic heterocycles. The van der Waals surface area contributed by atoms with Crippen molar-refractivity contribution in [2.75, 3.05) is 13.2 Å². The average molecular weight is 528 g/mol. The van der Waals surface area contributed by atoms with Crippen molar-refractivity contribution in [1.29, 1.82) is 0 Å². The number of cyclic esters (lactones) is 1. The summed E-state index contributed by atoms with van der Waals surface area (Å²) in [5, 5.41) is 4.10. The standard InChI is InChI=1S/C32H41NO2Si2/c1-25(2)36(26(3)4,27(5)6)31(24-33-22-23-35-32(33)34)37(28-16-10-7-11-17-28,29-18-12-8-13-19-29)30-20-14-9-15-21-30/h7-21,24-27H,22-23H2,1-6H3/b31-24-. The van der Waals surface area contributed by atoms with E-state index in [1.54, 1.807) is 0 Å². The Balaban J connectivity index is 2.26. The van der Waals surface area contributed by atoms with Gasteiger partial charge in [0.1, 0.15) is 6.61 Å². The highest BCUT2D eigenvalue weighted by Crippen LogP contribution is 2.49. The van der Waals surface area contributed by atoms with Crippen molar-refractivity contribution in [2.24, 2.45) is 0 Å². The number of carbonyl (C=O) groups is 1. The zero-order valence-corrected chi connectivity index (χ0v) is 25.1. The molecule has 3 aromatic rings. The lowest BCUT2D eigenvalue weighted by molar-refractivity contribution is 0.166. The summed E-state index contributed by atoms with van der Waals surface area (Å²) in [6, 6.07) is 33.3. The van der Waals surface area contributed by atoms with Crippen LogP contribution in [0.5, 0.6) is 0 Å². The van der Waals surface area contributed by atoms with E-state index >= 15 is 0 Å². The molecule has 1 fully saturated rings. The molecule has 0 N–H and O–H groups in total. The van der Waals surface area contributed by atoms with Crippen molar-refractivity contribution in [1.82, 2.24) is 4.90 Å². The van der Waals surface area contributed by atoms with Crippen LogP contribution in [0.15, 0.2) is 102 Å². The number of rotatable bonds is 9. The van der Waals surface area contributed by atoms with Gasteiger partial charge in [-0.15, -0.1) is 0 Å². The number of ether oxygens (including phenoxy) is 1. The van der Waals surface area contributed by atoms with E-state index in [0.29, 0.717) is 29.8 Å². The van der Waals surface area contributed by atoms with Gasteiger partial charge < -0.3 is 4.74 Å². The minimum atomic E-state index is -2.80. The molecule has 0 aliphatic carbocycles. The highest BCUT2D eigenvalue weighted by Gasteiger charge is 2.56. The first kappa shape index (κ1) is 27.1. The van der Waals surface area contributed by atoms with Crippen LogP contribution in [0.3, 0.4) is 0 Å². The van der Waals surface area contributed by atoms with E-state index in [0.717, 1.165) is 0 Å². The molecule has 3 nitrogen and oxygen atoms in total. The fourth-order valence-electron chi connectivity index (χ4n) is 7.18. The smallest absolute Gasteiger partial charge is 0.413 e. The van der Waals surface area contributed by atoms with Crippen LogP contribution >= 0.6 is 0 Å². The van der Waals surface area contributed by atoms with Crippen LogP contribution in [0.25, 0.3) is 0 Å². The summed E-state index contributed by atoms with van der Waals surface area (Å²) in [5.41, 5.74) is 1.46. The molecule has 0 spiro atoms. The second-order valence-corrected chi connectivity index (χ2v) is 21.2. The van der Waals surface area contributed by atoms with E-state index in [4.69, 9.17) is 4.74 Å². The lowest BCUT2D eigenvalue weighted by Gasteiger charge is -2.52. The van der Waals surface area contributed by atoms with Crippen molar-refractivity contribution >= 4 is 37.8 Å². The Morgan fingerprint density at radius 2 is 1.08 bits per heavy atom. The summed E-state index contributed by atoms with van der Waals surface area (Å²) < 4.78 is 5.46. The number of nitrogens with zero attached hydrogens (tertiary/aromatic N) is 1. The summed E-state index contributed by atoms with van der Waals surface area (Å²) in [6.45, 7) is 15.6. The zero-order valence-electron chi connectivity index (χ0n) is 23.1. The average Bonchev–Trinajstić information content (AvgIpc) is 3.30. The number of amides is 1. The zero-order chi connectivity index (χ0) is 26.6. The SMILES string of the molecule is CC(C)[Si](/C(=C/N1CCOC1=O)[Si](c1ccccc1)(c1ccccc1)c1ccccc1)(C(C)C)C(C)C. The lowest BCUT2D eigenvalue weighted by Crippen LogP contribution is -2.74. The third-order valence-electron chi connectivity index (χ3n) is 8.43. The molecule has 0 unspecified atom stereocenters. The predicted octanol–water partition coefficient (Wildman–Crippen LogP) is 6.25. The quantitative estimate of drug-likeness (QED) is 0.243. The second kappa shape index (κ2) is 11.2. The summed E-state index contributed by atoms with van der Waals surface area (Å²) in [6.07, 6.45) is 2.05. The first-order valence-corrected chi connectivity index (χ1v) is 17.8. The number of hydrogen-bond acceptors (Lipinski definition) is 2. The van der Waals surface area contributed by atoms with Crippen molar-refractivity contribution in [2.45, 2.75) is 58.2 Å². The van der Waals surface area contributed by atoms with E-state index in [1.165, 1.54) is 20.4 Å². The van der Waals surface area contributed by atoms with Gasteiger partial charge in [0.2, 0.25) is 0 Å². The molecule has 5 heteroatoms. The molecule has 0 aromatic heterocycles. The molecular formula is C32H41NO2Si2. The van der Waals surface area contributed by atoms with Gasteiger partial charge in [-0.1, -0.05) is 137 Å². The number of carbonyl (C=O) groups excluding carboxylic acids is 1. The van der Waals surface area contributed by atoms with Gasteiger partial charge in [-0.25, -0.2) is 4.79 Å². The van der Waals surface area contributed by atoms with Crippen LogP contribution in [0, 0.1) is 0 Å². The third kappa shape index (κ3) is 4.64. The minimum absolute atomic E-state index is 0.228. The molecule has 0 bridgehead atoms. The molecule has 1 amide bonds. The van der Waals surface area contributed by atoms with Gasteiger partial charge in [0.15, 0.2) is 8.07 Å². The molecular weight excluding hydrogens is 487 g/mol. The normalized spacial score (nSPS) is 15.1. The van der Waals surface area contributed by atoms with Gasteiger partial charge in [-0.05, 0) is 32.2 Å². The molecule has 0 atom stereocenters. The van der Waals surface area contributed by atoms with Gasteiger partial charge in [-0.3, -0.25) is 4.90 Å². The Morgan fingerprint density at radius 3 is 1.38 bits per heavy atom. The number of hydrogen-bond donors (Lipinski definition) is 0. The largest absolute Gasteiger partial charge is 0.447 e. The fourth-order valence-corrected chi connectivity index (χ4v) is 24.3. The Morgan fingerprint density at radius 1 is 0.703 bits per heavy atom. The summed E-state index contributed by atoms with van der Waals surface area (Å²) in [7, 11) is -5.07. The second-order valence-electron chi connectivity index (χ2n) is 11.1. The molecule has 1 heterocycles. The van der Waals surface area contributed by atoms with Crippen LogP contribution in [-0.2, 0) is 4.74 Å². The molecule has 0 saturated carbocycles. The van der Waals surface area contributed by atoms with Gasteiger partial charge >= 0.3 is 6.09 Å². The molecule has 37 heavy (non-hydrogen) atoms. The maximum absolute atomic E-state index is 13.0. The van der Waals surface area contributed by atoms with Crippen LogP contribution in [0.1, 0.15) is 41.5 Å². The van der Waals surface area contributed by atoms with E-state index < -0.39 is 16.1 Å². The summed E-state index contributed by atoms with van der Waals surface area (Å²) >= 11 is 0. The molecule has 194 valence electrons. The first-order valence-electron chi connectivity index (χ1n) is 13.6. The van der Waals surface area contributed by atoms with Gasteiger partial charge in [0.05, 0.1) is 14.6 Å². The molecule has 0 radical (unpaired) electrons. The van der Waals surface area contributed by atoms with Crippen LogP contribution in [0.4, 0.5) is 4.79 Å². The maximum atomic E-state index is 13.0. The molecule has 1 aliphatic rings. The molecule has 1 saturated heterocycles. The minimum Gasteiger partial charge on any atom is -0.447 e. The maximum Gasteiger partial charge on any atom is 0.413 e. The highest BCUT2D eigenvalue weighted by atomic mass is 28.4. The van der Waals surface area contributed by atoms with Crippen molar-refractivity contribution < 1.29 is 9.53 Å². The number of benzene rings is 3.